The normalized spacial score (nSPS) is 11.6. The summed E-state index contributed by atoms with van der Waals surface area (Å²) >= 11 is 0. The van der Waals surface area contributed by atoms with Gasteiger partial charge in [-0.05, 0) is 31.4 Å². The molecule has 16 heavy (non-hydrogen) atoms. The van der Waals surface area contributed by atoms with Crippen molar-refractivity contribution in [3.8, 4) is 5.75 Å². The van der Waals surface area contributed by atoms with Gasteiger partial charge in [-0.1, -0.05) is 12.1 Å². The Morgan fingerprint density at radius 1 is 1.50 bits per heavy atom. The van der Waals surface area contributed by atoms with Crippen molar-refractivity contribution in [2.45, 2.75) is 25.8 Å². The molecular formula is C12H19ClN2O. The zero-order valence-electron chi connectivity index (χ0n) is 9.44. The van der Waals surface area contributed by atoms with Crippen molar-refractivity contribution in [2.75, 3.05) is 5.73 Å². The first-order chi connectivity index (χ1) is 7.07. The van der Waals surface area contributed by atoms with Gasteiger partial charge in [0.25, 0.3) is 0 Å². The highest BCUT2D eigenvalue weighted by Crippen LogP contribution is 2.33. The lowest BCUT2D eigenvalue weighted by Gasteiger charge is -2.16. The second-order valence-corrected chi connectivity index (χ2v) is 3.71. The monoisotopic (exact) mass is 242 g/mol. The maximum absolute atomic E-state index is 9.82. The highest BCUT2D eigenvalue weighted by Gasteiger charge is 2.14. The Kier molecular flexibility index (Phi) is 5.93. The summed E-state index contributed by atoms with van der Waals surface area (Å²) in [5.74, 6) is 0.117. The van der Waals surface area contributed by atoms with E-state index in [4.69, 9.17) is 11.5 Å². The van der Waals surface area contributed by atoms with Crippen LogP contribution in [-0.2, 0) is 0 Å². The molecule has 0 unspecified atom stereocenters. The number of rotatable bonds is 4. The minimum absolute atomic E-state index is 0. The summed E-state index contributed by atoms with van der Waals surface area (Å²) in [6, 6.07) is 3.37. The SMILES string of the molecule is C=CCC[C@H](N)c1c(C)ccc(N)c1O.Cl. The number of anilines is 1. The average Bonchev–Trinajstić information content (AvgIpc) is 2.21. The van der Waals surface area contributed by atoms with E-state index >= 15 is 0 Å². The molecule has 5 N–H and O–H groups in total. The number of nitrogens with two attached hydrogens (primary N) is 2. The Balaban J connectivity index is 0.00000225. The fourth-order valence-corrected chi connectivity index (χ4v) is 1.64. The first-order valence-electron chi connectivity index (χ1n) is 5.02. The number of allylic oxidation sites excluding steroid dienone is 1. The molecule has 0 saturated heterocycles. The summed E-state index contributed by atoms with van der Waals surface area (Å²) in [4.78, 5) is 0. The summed E-state index contributed by atoms with van der Waals surface area (Å²) in [7, 11) is 0. The van der Waals surface area contributed by atoms with Crippen molar-refractivity contribution in [3.05, 3.63) is 35.9 Å². The van der Waals surface area contributed by atoms with Gasteiger partial charge < -0.3 is 16.6 Å². The summed E-state index contributed by atoms with van der Waals surface area (Å²) in [5, 5.41) is 9.82. The van der Waals surface area contributed by atoms with E-state index in [2.05, 4.69) is 6.58 Å². The van der Waals surface area contributed by atoms with Crippen molar-refractivity contribution in [1.29, 1.82) is 0 Å². The molecule has 0 fully saturated rings. The second kappa shape index (κ2) is 6.40. The van der Waals surface area contributed by atoms with Crippen LogP contribution in [-0.4, -0.2) is 5.11 Å². The van der Waals surface area contributed by atoms with E-state index in [-0.39, 0.29) is 24.2 Å². The number of hydrogen-bond donors (Lipinski definition) is 3. The van der Waals surface area contributed by atoms with Crippen LogP contribution in [0.2, 0.25) is 0 Å². The molecule has 0 saturated carbocycles. The van der Waals surface area contributed by atoms with Gasteiger partial charge in [0, 0.05) is 11.6 Å². The highest BCUT2D eigenvalue weighted by molar-refractivity contribution is 5.85. The van der Waals surface area contributed by atoms with E-state index in [1.165, 1.54) is 0 Å². The maximum atomic E-state index is 9.82. The van der Waals surface area contributed by atoms with Crippen LogP contribution in [0.25, 0.3) is 0 Å². The smallest absolute Gasteiger partial charge is 0.143 e. The molecule has 0 aliphatic carbocycles. The zero-order valence-corrected chi connectivity index (χ0v) is 10.3. The van der Waals surface area contributed by atoms with E-state index in [1.807, 2.05) is 19.1 Å². The van der Waals surface area contributed by atoms with Gasteiger partial charge >= 0.3 is 0 Å². The van der Waals surface area contributed by atoms with Crippen LogP contribution in [0.4, 0.5) is 5.69 Å². The fourth-order valence-electron chi connectivity index (χ4n) is 1.64. The third-order valence-electron chi connectivity index (χ3n) is 2.52. The minimum Gasteiger partial charge on any atom is -0.505 e. The van der Waals surface area contributed by atoms with Gasteiger partial charge in [-0.2, -0.15) is 0 Å². The first-order valence-corrected chi connectivity index (χ1v) is 5.02. The number of aromatic hydroxyl groups is 1. The van der Waals surface area contributed by atoms with E-state index in [0.29, 0.717) is 5.69 Å². The van der Waals surface area contributed by atoms with Crippen molar-refractivity contribution >= 4 is 18.1 Å². The molecule has 1 atom stereocenters. The molecule has 1 aromatic rings. The summed E-state index contributed by atoms with van der Waals surface area (Å²) in [6.45, 7) is 5.56. The third kappa shape index (κ3) is 3.15. The van der Waals surface area contributed by atoms with E-state index in [0.717, 1.165) is 24.0 Å². The second-order valence-electron chi connectivity index (χ2n) is 3.71. The lowest BCUT2D eigenvalue weighted by molar-refractivity contribution is 0.460. The molecular weight excluding hydrogens is 224 g/mol. The molecule has 0 spiro atoms. The topological polar surface area (TPSA) is 72.3 Å². The fraction of sp³-hybridized carbons (Fsp3) is 0.333. The van der Waals surface area contributed by atoms with Gasteiger partial charge in [0.05, 0.1) is 5.69 Å². The largest absolute Gasteiger partial charge is 0.505 e. The molecule has 3 nitrogen and oxygen atoms in total. The van der Waals surface area contributed by atoms with Gasteiger partial charge in [0.15, 0.2) is 0 Å². The average molecular weight is 243 g/mol. The van der Waals surface area contributed by atoms with Crippen LogP contribution in [0, 0.1) is 6.92 Å². The van der Waals surface area contributed by atoms with Crippen molar-refractivity contribution in [3.63, 3.8) is 0 Å². The number of phenols is 1. The van der Waals surface area contributed by atoms with Gasteiger partial charge in [-0.25, -0.2) is 0 Å². The zero-order chi connectivity index (χ0) is 11.4. The minimum atomic E-state index is -0.188. The number of benzene rings is 1. The number of halogens is 1. The van der Waals surface area contributed by atoms with Crippen LogP contribution in [0.3, 0.4) is 0 Å². The van der Waals surface area contributed by atoms with Crippen LogP contribution >= 0.6 is 12.4 Å². The van der Waals surface area contributed by atoms with Gasteiger partial charge in [-0.15, -0.1) is 19.0 Å². The Bertz CT molecular complexity index is 366. The lowest BCUT2D eigenvalue weighted by Crippen LogP contribution is -2.12. The maximum Gasteiger partial charge on any atom is 0.143 e. The third-order valence-corrected chi connectivity index (χ3v) is 2.52. The molecule has 0 aliphatic heterocycles. The molecule has 0 amide bonds. The number of aryl methyl sites for hydroxylation is 1. The molecule has 0 aromatic heterocycles. The Morgan fingerprint density at radius 3 is 2.69 bits per heavy atom. The summed E-state index contributed by atoms with van der Waals surface area (Å²) < 4.78 is 0. The molecule has 0 aliphatic rings. The van der Waals surface area contributed by atoms with E-state index in [1.54, 1.807) is 6.07 Å². The van der Waals surface area contributed by atoms with Crippen LogP contribution in [0.5, 0.6) is 5.75 Å². The van der Waals surface area contributed by atoms with E-state index < -0.39 is 0 Å². The van der Waals surface area contributed by atoms with Crippen LogP contribution in [0.1, 0.15) is 30.0 Å². The predicted molar refractivity (Wildman–Crippen MR) is 70.9 cm³/mol. The van der Waals surface area contributed by atoms with E-state index in [9.17, 15) is 5.11 Å². The highest BCUT2D eigenvalue weighted by atomic mass is 35.5. The lowest BCUT2D eigenvalue weighted by atomic mass is 9.96. The van der Waals surface area contributed by atoms with Crippen LogP contribution < -0.4 is 11.5 Å². The molecule has 0 heterocycles. The molecule has 90 valence electrons. The van der Waals surface area contributed by atoms with Gasteiger partial charge in [-0.3, -0.25) is 0 Å². The molecule has 0 radical (unpaired) electrons. The van der Waals surface area contributed by atoms with Gasteiger partial charge in [0.2, 0.25) is 0 Å². The number of hydrogen-bond acceptors (Lipinski definition) is 3. The summed E-state index contributed by atoms with van der Waals surface area (Å²) in [5.41, 5.74) is 13.7. The van der Waals surface area contributed by atoms with Crippen molar-refractivity contribution in [2.24, 2.45) is 5.73 Å². The Labute approximate surface area is 103 Å². The summed E-state index contributed by atoms with van der Waals surface area (Å²) in [6.07, 6.45) is 3.41. The molecule has 1 rings (SSSR count). The Hall–Kier alpha value is -1.19. The van der Waals surface area contributed by atoms with Crippen molar-refractivity contribution < 1.29 is 5.11 Å². The molecule has 0 bridgehead atoms. The first kappa shape index (κ1) is 14.8. The van der Waals surface area contributed by atoms with Crippen LogP contribution in [0.15, 0.2) is 24.8 Å². The Morgan fingerprint density at radius 2 is 2.12 bits per heavy atom. The standard InChI is InChI=1S/C12H18N2O.ClH/c1-3-4-5-9(13)11-8(2)6-7-10(14)12(11)15;/h3,6-7,9,15H,1,4-5,13-14H2,2H3;1H/t9-;/m0./s1. The number of nitrogen functional groups attached to an aromatic ring is 1. The van der Waals surface area contributed by atoms with Gasteiger partial charge in [0.1, 0.15) is 5.75 Å². The number of phenolic OH excluding ortho intramolecular Hbond substituents is 1. The van der Waals surface area contributed by atoms with Crippen molar-refractivity contribution in [1.82, 2.24) is 0 Å². The quantitative estimate of drug-likeness (QED) is 0.432. The predicted octanol–water partition coefficient (Wildman–Crippen LogP) is 2.67. The molecule has 4 heteroatoms. The molecule has 1 aromatic carbocycles.